The molecule has 92 valence electrons. The lowest BCUT2D eigenvalue weighted by atomic mass is 10.1. The number of aliphatic carboxylic acids is 1. The molecule has 1 fully saturated rings. The van der Waals surface area contributed by atoms with Crippen molar-refractivity contribution in [1.29, 1.82) is 0 Å². The molecule has 0 spiro atoms. The van der Waals surface area contributed by atoms with E-state index in [2.05, 4.69) is 0 Å². The molecule has 0 aliphatic carbocycles. The molecule has 5 heteroatoms. The van der Waals surface area contributed by atoms with Crippen LogP contribution in [0.25, 0.3) is 0 Å². The van der Waals surface area contributed by atoms with Crippen LogP contribution in [0.2, 0.25) is 0 Å². The maximum atomic E-state index is 11.7. The minimum absolute atomic E-state index is 0.134. The fourth-order valence-corrected chi connectivity index (χ4v) is 1.71. The first-order valence-corrected chi connectivity index (χ1v) is 5.62. The number of nitrogens with zero attached hydrogens (tertiary/aromatic N) is 1. The van der Waals surface area contributed by atoms with Crippen molar-refractivity contribution in [3.63, 3.8) is 0 Å². The van der Waals surface area contributed by atoms with Gasteiger partial charge in [-0.3, -0.25) is 4.79 Å². The van der Waals surface area contributed by atoms with Crippen molar-refractivity contribution in [1.82, 2.24) is 4.90 Å². The summed E-state index contributed by atoms with van der Waals surface area (Å²) < 4.78 is 5.40. The van der Waals surface area contributed by atoms with Gasteiger partial charge in [0.05, 0.1) is 6.10 Å². The third-order valence-electron chi connectivity index (χ3n) is 3.04. The van der Waals surface area contributed by atoms with E-state index in [4.69, 9.17) is 9.84 Å². The van der Waals surface area contributed by atoms with Crippen molar-refractivity contribution < 1.29 is 19.4 Å². The number of amides is 1. The van der Waals surface area contributed by atoms with Crippen molar-refractivity contribution in [3.8, 4) is 0 Å². The summed E-state index contributed by atoms with van der Waals surface area (Å²) in [6, 6.07) is -0.767. The summed E-state index contributed by atoms with van der Waals surface area (Å²) >= 11 is 0. The maximum Gasteiger partial charge on any atom is 0.326 e. The normalized spacial score (nSPS) is 21.8. The molecule has 1 aliphatic heterocycles. The Kier molecular flexibility index (Phi) is 4.73. The van der Waals surface area contributed by atoms with Gasteiger partial charge in [-0.25, -0.2) is 4.79 Å². The molecule has 1 aliphatic rings. The van der Waals surface area contributed by atoms with Crippen molar-refractivity contribution in [3.05, 3.63) is 0 Å². The maximum absolute atomic E-state index is 11.7. The number of carbonyl (C=O) groups is 2. The zero-order valence-corrected chi connectivity index (χ0v) is 9.81. The molecule has 1 heterocycles. The molecule has 0 bridgehead atoms. The minimum atomic E-state index is -0.979. The van der Waals surface area contributed by atoms with Crippen LogP contribution in [0.4, 0.5) is 0 Å². The molecule has 0 aromatic rings. The monoisotopic (exact) mass is 229 g/mol. The Morgan fingerprint density at radius 3 is 2.75 bits per heavy atom. The predicted molar refractivity (Wildman–Crippen MR) is 58.1 cm³/mol. The van der Waals surface area contributed by atoms with E-state index in [0.29, 0.717) is 12.8 Å². The lowest BCUT2D eigenvalue weighted by Gasteiger charge is -2.22. The van der Waals surface area contributed by atoms with E-state index in [1.165, 1.54) is 18.9 Å². The van der Waals surface area contributed by atoms with Crippen molar-refractivity contribution in [2.24, 2.45) is 0 Å². The fraction of sp³-hybridized carbons (Fsp3) is 0.818. The van der Waals surface area contributed by atoms with Crippen LogP contribution < -0.4 is 0 Å². The highest BCUT2D eigenvalue weighted by Crippen LogP contribution is 2.17. The number of carboxylic acid groups (broad SMARTS) is 1. The topological polar surface area (TPSA) is 66.8 Å². The Hall–Kier alpha value is -1.10. The zero-order chi connectivity index (χ0) is 12.1. The van der Waals surface area contributed by atoms with Crippen LogP contribution in [0.5, 0.6) is 0 Å². The van der Waals surface area contributed by atoms with Gasteiger partial charge in [-0.1, -0.05) is 0 Å². The second-order valence-corrected chi connectivity index (χ2v) is 4.19. The van der Waals surface area contributed by atoms with Crippen LogP contribution in [-0.4, -0.2) is 47.7 Å². The number of rotatable bonds is 5. The van der Waals surface area contributed by atoms with Gasteiger partial charge >= 0.3 is 5.97 Å². The van der Waals surface area contributed by atoms with Gasteiger partial charge in [-0.2, -0.15) is 0 Å². The van der Waals surface area contributed by atoms with Gasteiger partial charge in [0.2, 0.25) is 5.91 Å². The average Bonchev–Trinajstić information content (AvgIpc) is 2.76. The third kappa shape index (κ3) is 3.48. The summed E-state index contributed by atoms with van der Waals surface area (Å²) in [6.07, 6.45) is 3.29. The minimum Gasteiger partial charge on any atom is -0.480 e. The van der Waals surface area contributed by atoms with E-state index in [1.807, 2.05) is 0 Å². The third-order valence-corrected chi connectivity index (χ3v) is 3.04. The van der Waals surface area contributed by atoms with Gasteiger partial charge < -0.3 is 14.7 Å². The number of ether oxygens (including phenoxy) is 1. The second-order valence-electron chi connectivity index (χ2n) is 4.19. The van der Waals surface area contributed by atoms with Crippen LogP contribution in [0.1, 0.15) is 32.6 Å². The fourth-order valence-electron chi connectivity index (χ4n) is 1.71. The predicted octanol–water partition coefficient (Wildman–Crippen LogP) is 0.877. The summed E-state index contributed by atoms with van der Waals surface area (Å²) in [7, 11) is 1.52. The van der Waals surface area contributed by atoms with E-state index < -0.39 is 12.0 Å². The van der Waals surface area contributed by atoms with Crippen LogP contribution in [-0.2, 0) is 14.3 Å². The smallest absolute Gasteiger partial charge is 0.326 e. The van der Waals surface area contributed by atoms with Gasteiger partial charge in [0.25, 0.3) is 0 Å². The van der Waals surface area contributed by atoms with Crippen molar-refractivity contribution in [2.45, 2.75) is 44.8 Å². The molecule has 2 unspecified atom stereocenters. The summed E-state index contributed by atoms with van der Waals surface area (Å²) in [4.78, 5) is 23.6. The number of hydrogen-bond donors (Lipinski definition) is 1. The largest absolute Gasteiger partial charge is 0.480 e. The lowest BCUT2D eigenvalue weighted by molar-refractivity contribution is -0.148. The lowest BCUT2D eigenvalue weighted by Crippen LogP contribution is -2.40. The highest BCUT2D eigenvalue weighted by Gasteiger charge is 2.23. The average molecular weight is 229 g/mol. The first-order valence-electron chi connectivity index (χ1n) is 5.62. The SMILES string of the molecule is CC(C(=O)O)N(C)C(=O)CCC1CCCO1. The summed E-state index contributed by atoms with van der Waals surface area (Å²) in [5.74, 6) is -1.11. The van der Waals surface area contributed by atoms with Gasteiger partial charge in [-0.05, 0) is 26.2 Å². The Balaban J connectivity index is 2.30. The van der Waals surface area contributed by atoms with Gasteiger partial charge in [0, 0.05) is 20.1 Å². The number of carbonyl (C=O) groups excluding carboxylic acids is 1. The molecular weight excluding hydrogens is 210 g/mol. The standard InChI is InChI=1S/C11H19NO4/c1-8(11(14)15)12(2)10(13)6-5-9-4-3-7-16-9/h8-9H,3-7H2,1-2H3,(H,14,15). The van der Waals surface area contributed by atoms with E-state index in [9.17, 15) is 9.59 Å². The number of hydrogen-bond acceptors (Lipinski definition) is 3. The van der Waals surface area contributed by atoms with Crippen LogP contribution >= 0.6 is 0 Å². The Labute approximate surface area is 95.4 Å². The Morgan fingerprint density at radius 2 is 2.25 bits per heavy atom. The highest BCUT2D eigenvalue weighted by molar-refractivity contribution is 5.83. The molecule has 1 saturated heterocycles. The first-order chi connectivity index (χ1) is 7.52. The highest BCUT2D eigenvalue weighted by atomic mass is 16.5. The molecule has 0 radical (unpaired) electrons. The Morgan fingerprint density at radius 1 is 1.56 bits per heavy atom. The molecule has 5 nitrogen and oxygen atoms in total. The van der Waals surface area contributed by atoms with E-state index in [0.717, 1.165) is 19.4 Å². The number of carboxylic acids is 1. The van der Waals surface area contributed by atoms with E-state index in [1.54, 1.807) is 0 Å². The summed E-state index contributed by atoms with van der Waals surface area (Å²) in [5.41, 5.74) is 0. The van der Waals surface area contributed by atoms with Gasteiger partial charge in [0.15, 0.2) is 0 Å². The van der Waals surface area contributed by atoms with Crippen LogP contribution in [0.3, 0.4) is 0 Å². The van der Waals surface area contributed by atoms with E-state index in [-0.39, 0.29) is 12.0 Å². The van der Waals surface area contributed by atoms with Gasteiger partial charge in [0.1, 0.15) is 6.04 Å². The summed E-state index contributed by atoms with van der Waals surface area (Å²) in [5, 5.41) is 8.76. The number of likely N-dealkylation sites (N-methyl/N-ethyl adjacent to an activating group) is 1. The second kappa shape index (κ2) is 5.84. The molecule has 0 saturated carbocycles. The van der Waals surface area contributed by atoms with Gasteiger partial charge in [-0.15, -0.1) is 0 Å². The van der Waals surface area contributed by atoms with Crippen LogP contribution in [0.15, 0.2) is 0 Å². The molecule has 16 heavy (non-hydrogen) atoms. The molecule has 1 N–H and O–H groups in total. The molecule has 1 rings (SSSR count). The molecular formula is C11H19NO4. The zero-order valence-electron chi connectivity index (χ0n) is 9.81. The molecule has 1 amide bonds. The first kappa shape index (κ1) is 13.0. The molecule has 0 aromatic heterocycles. The quantitative estimate of drug-likeness (QED) is 0.759. The summed E-state index contributed by atoms with van der Waals surface area (Å²) in [6.45, 7) is 2.28. The van der Waals surface area contributed by atoms with Crippen molar-refractivity contribution in [2.75, 3.05) is 13.7 Å². The van der Waals surface area contributed by atoms with Crippen LogP contribution in [0, 0.1) is 0 Å². The molecule has 0 aromatic carbocycles. The van der Waals surface area contributed by atoms with Crippen molar-refractivity contribution >= 4 is 11.9 Å². The Bertz CT molecular complexity index is 261. The van der Waals surface area contributed by atoms with E-state index >= 15 is 0 Å². The molecule has 2 atom stereocenters.